The molecule has 0 amide bonds. The van der Waals surface area contributed by atoms with Gasteiger partial charge in [0.1, 0.15) is 0 Å². The molecule has 0 nitrogen and oxygen atoms in total. The van der Waals surface area contributed by atoms with E-state index >= 15 is 0 Å². The minimum Gasteiger partial charge on any atom is -0.130 e. The lowest BCUT2D eigenvalue weighted by atomic mass is 9.96. The summed E-state index contributed by atoms with van der Waals surface area (Å²) in [5.74, 6) is 0.485. The van der Waals surface area contributed by atoms with Crippen LogP contribution in [0.1, 0.15) is 18.4 Å². The van der Waals surface area contributed by atoms with Crippen LogP contribution in [0.4, 0.5) is 0 Å². The Morgan fingerprint density at radius 2 is 2.08 bits per heavy atom. The maximum absolute atomic E-state index is 6.13. The molecule has 0 fully saturated rings. The number of hydrogen-bond donors (Lipinski definition) is 0. The zero-order valence-corrected chi connectivity index (χ0v) is 8.98. The summed E-state index contributed by atoms with van der Waals surface area (Å²) >= 11 is 8.00. The van der Waals surface area contributed by atoms with Gasteiger partial charge in [0.15, 0.2) is 0 Å². The molecule has 2 rings (SSSR count). The van der Waals surface area contributed by atoms with E-state index in [1.54, 1.807) is 0 Å². The summed E-state index contributed by atoms with van der Waals surface area (Å²) in [5, 5.41) is 3.66. The Bertz CT molecular complexity index is 333. The molecule has 13 heavy (non-hydrogen) atoms. The monoisotopic (exact) mass is 210 g/mol. The van der Waals surface area contributed by atoms with Gasteiger partial charge in [0.2, 0.25) is 0 Å². The second-order valence-corrected chi connectivity index (χ2v) is 4.91. The molecule has 0 radical (unpaired) electrons. The molecule has 0 bridgehead atoms. The highest BCUT2D eigenvalue weighted by Gasteiger charge is 2.22. The van der Waals surface area contributed by atoms with Crippen molar-refractivity contribution >= 4 is 23.4 Å². The second kappa shape index (κ2) is 3.77. The quantitative estimate of drug-likeness (QED) is 0.674. The molecule has 0 aromatic heterocycles. The Morgan fingerprint density at radius 3 is 2.69 bits per heavy atom. The number of halogens is 1. The Balaban J connectivity index is 2.35. The average molecular weight is 211 g/mol. The van der Waals surface area contributed by atoms with E-state index in [0.717, 1.165) is 5.02 Å². The van der Waals surface area contributed by atoms with Crippen LogP contribution >= 0.6 is 23.4 Å². The highest BCUT2D eigenvalue weighted by molar-refractivity contribution is 8.03. The highest BCUT2D eigenvalue weighted by Crippen LogP contribution is 2.39. The molecule has 1 aromatic carbocycles. The Kier molecular flexibility index (Phi) is 2.66. The van der Waals surface area contributed by atoms with Crippen LogP contribution in [0.2, 0.25) is 5.02 Å². The number of rotatable bonds is 1. The minimum absolute atomic E-state index is 0.485. The number of thioether (sulfide) groups is 1. The summed E-state index contributed by atoms with van der Waals surface area (Å²) in [6.45, 7) is 2.23. The molecule has 2 atom stereocenters. The first-order valence-corrected chi connectivity index (χ1v) is 5.67. The van der Waals surface area contributed by atoms with E-state index < -0.39 is 0 Å². The van der Waals surface area contributed by atoms with E-state index in [9.17, 15) is 0 Å². The summed E-state index contributed by atoms with van der Waals surface area (Å²) in [6.07, 6.45) is 2.23. The first kappa shape index (κ1) is 9.17. The van der Waals surface area contributed by atoms with Gasteiger partial charge in [-0.2, -0.15) is 0 Å². The zero-order chi connectivity index (χ0) is 9.26. The molecule has 0 saturated carbocycles. The molecule has 68 valence electrons. The first-order valence-electron chi connectivity index (χ1n) is 4.35. The Labute approximate surface area is 88.0 Å². The summed E-state index contributed by atoms with van der Waals surface area (Å²) in [7, 11) is 0. The van der Waals surface area contributed by atoms with Gasteiger partial charge in [-0.15, -0.1) is 11.8 Å². The molecule has 0 N–H and O–H groups in total. The van der Waals surface area contributed by atoms with Gasteiger partial charge in [-0.1, -0.05) is 42.8 Å². The van der Waals surface area contributed by atoms with Crippen molar-refractivity contribution in [2.75, 3.05) is 0 Å². The minimum atomic E-state index is 0.485. The van der Waals surface area contributed by atoms with E-state index in [2.05, 4.69) is 24.5 Å². The largest absolute Gasteiger partial charge is 0.130 e. The van der Waals surface area contributed by atoms with Gasteiger partial charge in [0.25, 0.3) is 0 Å². The highest BCUT2D eigenvalue weighted by atomic mass is 35.5. The van der Waals surface area contributed by atoms with Crippen LogP contribution in [-0.4, -0.2) is 5.25 Å². The normalized spacial score (nSPS) is 26.6. The smallest absolute Gasteiger partial charge is 0.0444 e. The van der Waals surface area contributed by atoms with E-state index in [1.807, 2.05) is 30.0 Å². The third-order valence-corrected chi connectivity index (χ3v) is 3.73. The van der Waals surface area contributed by atoms with E-state index in [0.29, 0.717) is 11.2 Å². The molecule has 0 saturated heterocycles. The fourth-order valence-electron chi connectivity index (χ4n) is 1.60. The molecule has 0 aliphatic carbocycles. The summed E-state index contributed by atoms with van der Waals surface area (Å²) in [5.41, 5.74) is 1.25. The molecule has 1 heterocycles. The van der Waals surface area contributed by atoms with Gasteiger partial charge in [0.05, 0.1) is 0 Å². The zero-order valence-electron chi connectivity index (χ0n) is 7.41. The lowest BCUT2D eigenvalue weighted by molar-refractivity contribution is 0.840. The molecule has 2 unspecified atom stereocenters. The fourth-order valence-corrected chi connectivity index (χ4v) is 2.77. The van der Waals surface area contributed by atoms with Crippen molar-refractivity contribution in [3.63, 3.8) is 0 Å². The first-order chi connectivity index (χ1) is 6.29. The van der Waals surface area contributed by atoms with Gasteiger partial charge in [-0.05, 0) is 17.0 Å². The van der Waals surface area contributed by atoms with Gasteiger partial charge in [-0.3, -0.25) is 0 Å². The van der Waals surface area contributed by atoms with E-state index in [4.69, 9.17) is 11.6 Å². The number of benzene rings is 1. The van der Waals surface area contributed by atoms with E-state index in [-0.39, 0.29) is 0 Å². The molecule has 1 aromatic rings. The van der Waals surface area contributed by atoms with Crippen molar-refractivity contribution < 1.29 is 0 Å². The van der Waals surface area contributed by atoms with Gasteiger partial charge in [0, 0.05) is 16.2 Å². The van der Waals surface area contributed by atoms with Crippen LogP contribution in [-0.2, 0) is 0 Å². The summed E-state index contributed by atoms with van der Waals surface area (Å²) < 4.78 is 0. The lowest BCUT2D eigenvalue weighted by Crippen LogP contribution is -2.05. The van der Waals surface area contributed by atoms with Crippen LogP contribution in [0.3, 0.4) is 0 Å². The summed E-state index contributed by atoms with van der Waals surface area (Å²) in [6, 6.07) is 8.09. The van der Waals surface area contributed by atoms with Crippen molar-refractivity contribution in [3.8, 4) is 0 Å². The molecule has 0 spiro atoms. The summed E-state index contributed by atoms with van der Waals surface area (Å²) in [4.78, 5) is 0. The fraction of sp³-hybridized carbons (Fsp3) is 0.273. The van der Waals surface area contributed by atoms with E-state index in [1.165, 1.54) is 5.56 Å². The average Bonchev–Trinajstić information content (AvgIpc) is 2.52. The van der Waals surface area contributed by atoms with Crippen LogP contribution in [0.25, 0.3) is 0 Å². The van der Waals surface area contributed by atoms with Crippen LogP contribution in [0, 0.1) is 0 Å². The lowest BCUT2D eigenvalue weighted by Gasteiger charge is -2.15. The maximum atomic E-state index is 6.13. The topological polar surface area (TPSA) is 0 Å². The van der Waals surface area contributed by atoms with Crippen molar-refractivity contribution in [1.82, 2.24) is 0 Å². The number of allylic oxidation sites excluding steroid dienone is 1. The van der Waals surface area contributed by atoms with Crippen molar-refractivity contribution in [2.24, 2.45) is 0 Å². The molecular weight excluding hydrogens is 200 g/mol. The second-order valence-electron chi connectivity index (χ2n) is 3.22. The Morgan fingerprint density at radius 1 is 1.31 bits per heavy atom. The third-order valence-electron chi connectivity index (χ3n) is 2.35. The molecule has 1 aliphatic rings. The molecule has 1 aliphatic heterocycles. The number of hydrogen-bond acceptors (Lipinski definition) is 1. The van der Waals surface area contributed by atoms with Crippen LogP contribution < -0.4 is 0 Å². The molecule has 2 heteroatoms. The van der Waals surface area contributed by atoms with Gasteiger partial charge >= 0.3 is 0 Å². The van der Waals surface area contributed by atoms with Crippen LogP contribution in [0.5, 0.6) is 0 Å². The van der Waals surface area contributed by atoms with Crippen molar-refractivity contribution in [1.29, 1.82) is 0 Å². The SMILES string of the molecule is CC1SC=CC1c1ccccc1Cl. The third kappa shape index (κ3) is 1.77. The molecular formula is C11H11ClS. The van der Waals surface area contributed by atoms with Crippen molar-refractivity contribution in [2.45, 2.75) is 18.1 Å². The van der Waals surface area contributed by atoms with Gasteiger partial charge < -0.3 is 0 Å². The maximum Gasteiger partial charge on any atom is 0.0444 e. The van der Waals surface area contributed by atoms with Gasteiger partial charge in [-0.25, -0.2) is 0 Å². The predicted molar refractivity (Wildman–Crippen MR) is 60.4 cm³/mol. The van der Waals surface area contributed by atoms with Crippen molar-refractivity contribution in [3.05, 3.63) is 46.3 Å². The Hall–Kier alpha value is -0.400. The van der Waals surface area contributed by atoms with Crippen LogP contribution in [0.15, 0.2) is 35.7 Å². The standard InChI is InChI=1S/C11H11ClS/c1-8-9(6-7-13-8)10-4-2-3-5-11(10)12/h2-9H,1H3. The predicted octanol–water partition coefficient (Wildman–Crippen LogP) is 4.07.